The van der Waals surface area contributed by atoms with Crippen LogP contribution in [-0.2, 0) is 69.8 Å². The third-order valence-corrected chi connectivity index (χ3v) is 33.1. The van der Waals surface area contributed by atoms with E-state index in [-0.39, 0.29) is 87.5 Å². The van der Waals surface area contributed by atoms with Crippen molar-refractivity contribution in [3.05, 3.63) is 344 Å². The number of rotatable bonds is 18. The van der Waals surface area contributed by atoms with Crippen molar-refractivity contribution < 1.29 is 74.0 Å². The van der Waals surface area contributed by atoms with Gasteiger partial charge in [0.2, 0.25) is 30.1 Å². The molecule has 692 valence electrons. The van der Waals surface area contributed by atoms with Gasteiger partial charge in [-0.1, -0.05) is 115 Å². The Hall–Kier alpha value is -14.3. The maximum absolute atomic E-state index is 14.7. The van der Waals surface area contributed by atoms with Crippen molar-refractivity contribution in [3.8, 4) is 45.0 Å². The van der Waals surface area contributed by atoms with Crippen LogP contribution >= 0.6 is 11.6 Å². The summed E-state index contributed by atoms with van der Waals surface area (Å²) in [6.45, 7) is 3.16. The molecule has 38 heteroatoms. The summed E-state index contributed by atoms with van der Waals surface area (Å²) in [5.74, 6) is -1.22. The number of anilines is 8. The Bertz CT molecular complexity index is 8060. The minimum atomic E-state index is -4.08. The van der Waals surface area contributed by atoms with Crippen molar-refractivity contribution in [1.29, 1.82) is 0 Å². The zero-order chi connectivity index (χ0) is 95.3. The summed E-state index contributed by atoms with van der Waals surface area (Å²) in [5, 5.41) is 11.3. The fourth-order valence-corrected chi connectivity index (χ4v) is 23.7. The van der Waals surface area contributed by atoms with Gasteiger partial charge in [0, 0.05) is 129 Å². The highest BCUT2D eigenvalue weighted by molar-refractivity contribution is 7.94. The van der Waals surface area contributed by atoms with E-state index in [0.29, 0.717) is 77.0 Å². The zero-order valence-electron chi connectivity index (χ0n) is 72.5. The van der Waals surface area contributed by atoms with Gasteiger partial charge in [0.25, 0.3) is 31.9 Å². The third-order valence-electron chi connectivity index (χ3n) is 22.7. The van der Waals surface area contributed by atoms with Crippen molar-refractivity contribution in [3.63, 3.8) is 0 Å². The van der Waals surface area contributed by atoms with E-state index < -0.39 is 66.1 Å². The number of para-hydroxylation sites is 1. The summed E-state index contributed by atoms with van der Waals surface area (Å²) < 4.78 is 187. The number of aromatic nitrogens is 5. The highest BCUT2D eigenvalue weighted by atomic mass is 35.5. The molecule has 0 bridgehead atoms. The first kappa shape index (κ1) is 93.6. The van der Waals surface area contributed by atoms with Gasteiger partial charge in [0.05, 0.1) is 96.9 Å². The smallest absolute Gasteiger partial charge is 0.303 e. The second-order valence-electron chi connectivity index (χ2n) is 31.6. The lowest BCUT2D eigenvalue weighted by Crippen LogP contribution is -2.41. The molecule has 4 fully saturated rings. The minimum absolute atomic E-state index is 0.0780. The molecule has 11 aromatic carbocycles. The molecule has 16 aromatic rings. The van der Waals surface area contributed by atoms with Crippen LogP contribution in [0, 0.1) is 12.7 Å². The summed E-state index contributed by atoms with van der Waals surface area (Å²) in [5.41, 5.74) is 12.5. The molecular formula is C98H84ClFN14O16S6. The number of hydrogen-bond donors (Lipinski definition) is 4. The van der Waals surface area contributed by atoms with Crippen LogP contribution in [0.2, 0.25) is 5.02 Å². The van der Waals surface area contributed by atoms with E-state index in [9.17, 15) is 64.5 Å². The van der Waals surface area contributed by atoms with Crippen molar-refractivity contribution in [2.24, 2.45) is 0 Å². The molecule has 4 N–H and O–H groups in total. The molecule has 0 radical (unpaired) electrons. The number of ether oxygens (including phenoxy) is 2. The van der Waals surface area contributed by atoms with Gasteiger partial charge in [-0.3, -0.25) is 47.6 Å². The van der Waals surface area contributed by atoms with Crippen LogP contribution in [0.4, 0.5) is 49.9 Å². The summed E-state index contributed by atoms with van der Waals surface area (Å²) in [7, 11) is -20.4. The molecule has 0 saturated carbocycles. The molecule has 4 saturated heterocycles. The average molecular weight is 1960 g/mol. The molecule has 0 spiro atoms. The minimum Gasteiger partial charge on any atom is -0.359 e. The molecule has 4 aliphatic heterocycles. The second kappa shape index (κ2) is 39.4. The maximum Gasteiger partial charge on any atom is 0.303 e. The Morgan fingerprint density at radius 3 is 1.53 bits per heavy atom. The number of likely N-dealkylation sites (N-methyl/N-ethyl adjacent to an activating group) is 1. The van der Waals surface area contributed by atoms with Gasteiger partial charge < -0.3 is 20.1 Å². The number of pyridine rings is 5. The summed E-state index contributed by atoms with van der Waals surface area (Å²) in [6, 6.07) is 83.4. The molecule has 9 heterocycles. The van der Waals surface area contributed by atoms with Gasteiger partial charge in [-0.25, -0.2) is 60.1 Å². The lowest BCUT2D eigenvalue weighted by atomic mass is 10.00. The highest BCUT2D eigenvalue weighted by Crippen LogP contribution is 2.39. The number of benzene rings is 11. The molecule has 20 rings (SSSR count). The number of nitrogens with zero attached hydrogens (tertiary/aromatic N) is 10. The van der Waals surface area contributed by atoms with Crippen LogP contribution in [0.25, 0.3) is 88.4 Å². The van der Waals surface area contributed by atoms with Crippen LogP contribution in [0.15, 0.2) is 326 Å². The van der Waals surface area contributed by atoms with E-state index in [0.717, 1.165) is 91.3 Å². The van der Waals surface area contributed by atoms with Crippen LogP contribution in [0.1, 0.15) is 32.7 Å². The largest absolute Gasteiger partial charge is 0.359 e. The van der Waals surface area contributed by atoms with Gasteiger partial charge in [-0.15, -0.1) is 0 Å². The molecule has 4 aliphatic rings. The van der Waals surface area contributed by atoms with E-state index in [4.69, 9.17) is 26.1 Å². The van der Waals surface area contributed by atoms with Crippen LogP contribution in [-0.4, -0.2) is 162 Å². The molecule has 0 unspecified atom stereocenters. The Morgan fingerprint density at radius 1 is 0.412 bits per heavy atom. The van der Waals surface area contributed by atoms with Gasteiger partial charge in [0.15, 0.2) is 0 Å². The number of fused-ring (bicyclic) bond motifs is 4. The topological polar surface area (TPSA) is 386 Å². The standard InChI is InChI=1S/C25H22ClN3O5S2.C25H21N3O3S.C24H20FN3O5S2.C24H21N5O3S/c1-17-6-7-19(14-22(17)25-21-5-3-2-4-18(21)10-11-27-25)28-36(32,33)24-9-8-20(15-23(24)26)29-16-34-12-13-35(29,30)31;29-25(19-9-12-22(13-10-19)28-15-4-16-32(28,30)31)26-21-7-3-6-20(17-21)24-14-11-18-5-1-2-8-23(18)27-24;25-23-10-5-18(15-22(23)24-21-4-2-1-3-17(21)11-12-26-24)27-35(31,32)20-8-6-19(7-9-20)28-16-33-13-14-34(28,29)30;1-28-14-15-29(33(28,31)32)20-9-7-17(8-10-20)24(30)27-19-5-2-4-18(16-19)23-21-6-3-12-25-22(21)11-13-26-23/h2-11,14-15,28H,12-13,16H2,1H3;1-3,5-14,17H,4,15-16H2,(H,26,29);1-12,15,27H,13-14,16H2;2-13,16H,14-15H2,1H3,(H,27,30). The SMILES string of the molecule is CN1CCN(c2ccc(C(=O)Nc3cccc(-c4nccc5ncccc45)c3)cc2)S1(=O)=O.Cc1ccc(NS(=O)(=O)c2ccc(N3COCCS3(=O)=O)cc2Cl)cc1-c1nccc2ccccc12.O=C(Nc1cccc(-c2ccc3ccccc3n2)c1)c1ccc(N2CCCS2(=O)=O)cc1.O=S(=O)(Nc1ccc(F)c(-c2nccc3ccccc23)c1)c1ccc(N2COCCS2(=O)=O)cc1. The monoisotopic (exact) mass is 1960 g/mol. The van der Waals surface area contributed by atoms with Gasteiger partial charge in [-0.05, 0) is 218 Å². The molecule has 30 nitrogen and oxygen atoms in total. The highest BCUT2D eigenvalue weighted by Gasteiger charge is 2.36. The number of halogens is 2. The number of aryl methyl sites for hydroxylation is 1. The summed E-state index contributed by atoms with van der Waals surface area (Å²) in [4.78, 5) is 47.8. The summed E-state index contributed by atoms with van der Waals surface area (Å²) in [6.07, 6.45) is 7.38. The molecule has 5 aromatic heterocycles. The predicted molar refractivity (Wildman–Crippen MR) is 528 cm³/mol. The number of carbonyl (C=O) groups excluding carboxylic acids is 2. The molecule has 0 aliphatic carbocycles. The van der Waals surface area contributed by atoms with Crippen LogP contribution in [0.5, 0.6) is 0 Å². The van der Waals surface area contributed by atoms with E-state index >= 15 is 0 Å². The second-order valence-corrected chi connectivity index (χ2v) is 43.4. The summed E-state index contributed by atoms with van der Waals surface area (Å²) >= 11 is 6.32. The number of carbonyl (C=O) groups is 2. The Morgan fingerprint density at radius 2 is 0.926 bits per heavy atom. The van der Waals surface area contributed by atoms with Crippen molar-refractivity contribution in [1.82, 2.24) is 29.2 Å². The van der Waals surface area contributed by atoms with Crippen molar-refractivity contribution >= 4 is 173 Å². The molecular weight excluding hydrogens is 1880 g/mol. The normalized spacial score (nSPS) is 15.5. The first-order chi connectivity index (χ1) is 65.3. The lowest BCUT2D eigenvalue weighted by Gasteiger charge is -2.28. The average Bonchev–Trinajstić information content (AvgIpc) is 1.76. The molecule has 2 amide bonds. The van der Waals surface area contributed by atoms with Crippen LogP contribution < -0.4 is 37.3 Å². The van der Waals surface area contributed by atoms with Crippen LogP contribution in [0.3, 0.4) is 0 Å². The number of sulfonamides is 5. The number of hydrogen-bond acceptors (Lipinski definition) is 21. The Kier molecular flexibility index (Phi) is 27.1. The van der Waals surface area contributed by atoms with Crippen molar-refractivity contribution in [2.45, 2.75) is 23.1 Å². The van der Waals surface area contributed by atoms with Gasteiger partial charge >= 0.3 is 10.2 Å². The quantitative estimate of drug-likeness (QED) is 0.0620. The third kappa shape index (κ3) is 20.7. The maximum atomic E-state index is 14.7. The molecule has 136 heavy (non-hydrogen) atoms. The Balaban J connectivity index is 0.000000126. The fourth-order valence-electron chi connectivity index (χ4n) is 15.7. The first-order valence-corrected chi connectivity index (χ1v) is 51.9. The molecule has 0 atom stereocenters. The van der Waals surface area contributed by atoms with E-state index in [1.807, 2.05) is 177 Å². The zero-order valence-corrected chi connectivity index (χ0v) is 78.2. The van der Waals surface area contributed by atoms with E-state index in [2.05, 4.69) is 40.0 Å². The first-order valence-electron chi connectivity index (χ1n) is 42.4. The Labute approximate surface area is 789 Å². The van der Waals surface area contributed by atoms with E-state index in [1.54, 1.807) is 92.5 Å². The predicted octanol–water partition coefficient (Wildman–Crippen LogP) is 17.0. The van der Waals surface area contributed by atoms with Gasteiger partial charge in [0.1, 0.15) is 24.2 Å². The van der Waals surface area contributed by atoms with Gasteiger partial charge in [-0.2, -0.15) is 12.7 Å². The fraction of sp³-hybridized carbons (Fsp3) is 0.133. The number of amides is 2. The van der Waals surface area contributed by atoms with E-state index in [1.165, 1.54) is 73.6 Å². The van der Waals surface area contributed by atoms with Crippen molar-refractivity contribution in [2.75, 3.05) is 108 Å². The lowest BCUT2D eigenvalue weighted by molar-refractivity contribution is 0.101. The number of nitrogens with one attached hydrogen (secondary N) is 4.